The Morgan fingerprint density at radius 3 is 2.59 bits per heavy atom. The van der Waals surface area contributed by atoms with Crippen LogP contribution < -0.4 is 10.2 Å². The Hall–Kier alpha value is -2.33. The first-order valence-corrected chi connectivity index (χ1v) is 13.1. The van der Waals surface area contributed by atoms with Crippen LogP contribution in [0.3, 0.4) is 0 Å². The van der Waals surface area contributed by atoms with E-state index in [1.54, 1.807) is 23.1 Å². The standard InChI is InChI=1S/C28H35F2N5O2.2ClH/c1-19-15-34(21(13-31-19)16-33-11-7-10-25(33)36)17-26(37)35-18-27(2,3)22-14-32-24(12-23(22)35)28(29,30)20-8-5-4-6-9-20;;/h4-6,8-9,12,14,19,21,31H,7,10-11,13,15-18H2,1-3H3;2*1H/t19-,21-;;/m1../s1. The van der Waals surface area contributed by atoms with Crippen molar-refractivity contribution in [1.82, 2.24) is 20.1 Å². The molecule has 0 radical (unpaired) electrons. The van der Waals surface area contributed by atoms with Gasteiger partial charge in [-0.25, -0.2) is 0 Å². The highest BCUT2D eigenvalue weighted by Crippen LogP contribution is 2.43. The van der Waals surface area contributed by atoms with Crippen molar-refractivity contribution < 1.29 is 18.4 Å². The summed E-state index contributed by atoms with van der Waals surface area (Å²) < 4.78 is 30.7. The van der Waals surface area contributed by atoms with E-state index in [4.69, 9.17) is 0 Å². The molecule has 2 amide bonds. The van der Waals surface area contributed by atoms with Gasteiger partial charge < -0.3 is 15.1 Å². The van der Waals surface area contributed by atoms with Crippen LogP contribution in [0.1, 0.15) is 50.4 Å². The number of hydrogen-bond donors (Lipinski definition) is 1. The summed E-state index contributed by atoms with van der Waals surface area (Å²) in [6, 6.07) is 9.25. The zero-order valence-corrected chi connectivity index (χ0v) is 24.2. The molecule has 214 valence electrons. The number of nitrogens with zero attached hydrogens (tertiary/aromatic N) is 4. The van der Waals surface area contributed by atoms with Crippen molar-refractivity contribution in [3.63, 3.8) is 0 Å². The number of piperazine rings is 1. The molecule has 0 spiro atoms. The highest BCUT2D eigenvalue weighted by molar-refractivity contribution is 5.97. The molecule has 4 heterocycles. The molecule has 0 bridgehead atoms. The summed E-state index contributed by atoms with van der Waals surface area (Å²) >= 11 is 0. The van der Waals surface area contributed by atoms with Crippen molar-refractivity contribution in [2.45, 2.75) is 57.0 Å². The molecule has 1 N–H and O–H groups in total. The molecule has 3 aliphatic heterocycles. The third-order valence-corrected chi connectivity index (χ3v) is 7.88. The number of alkyl halides is 2. The lowest BCUT2D eigenvalue weighted by atomic mass is 9.88. The van der Waals surface area contributed by atoms with Crippen molar-refractivity contribution in [1.29, 1.82) is 0 Å². The van der Waals surface area contributed by atoms with Gasteiger partial charge in [0.05, 0.1) is 12.2 Å². The fourth-order valence-electron chi connectivity index (χ4n) is 5.76. The van der Waals surface area contributed by atoms with E-state index in [9.17, 15) is 9.59 Å². The monoisotopic (exact) mass is 583 g/mol. The molecule has 2 atom stereocenters. The van der Waals surface area contributed by atoms with Crippen LogP contribution in [0.4, 0.5) is 14.5 Å². The maximum Gasteiger partial charge on any atom is 0.314 e. The predicted molar refractivity (Wildman–Crippen MR) is 152 cm³/mol. The van der Waals surface area contributed by atoms with Crippen molar-refractivity contribution >= 4 is 42.3 Å². The number of pyridine rings is 1. The van der Waals surface area contributed by atoms with Crippen molar-refractivity contribution in [2.75, 3.05) is 44.2 Å². The van der Waals surface area contributed by atoms with Crippen LogP contribution >= 0.6 is 24.8 Å². The van der Waals surface area contributed by atoms with E-state index in [-0.39, 0.29) is 66.5 Å². The topological polar surface area (TPSA) is 68.8 Å². The first kappa shape index (κ1) is 31.2. The second kappa shape index (κ2) is 12.0. The zero-order valence-electron chi connectivity index (χ0n) is 22.5. The summed E-state index contributed by atoms with van der Waals surface area (Å²) in [5.74, 6) is -3.24. The average molecular weight is 585 g/mol. The van der Waals surface area contributed by atoms with Crippen molar-refractivity contribution in [2.24, 2.45) is 0 Å². The maximum absolute atomic E-state index is 15.4. The summed E-state index contributed by atoms with van der Waals surface area (Å²) in [5, 5.41) is 3.47. The van der Waals surface area contributed by atoms with Gasteiger partial charge in [-0.1, -0.05) is 44.2 Å². The van der Waals surface area contributed by atoms with Crippen LogP contribution in [-0.4, -0.2) is 78.0 Å². The van der Waals surface area contributed by atoms with Crippen LogP contribution in [-0.2, 0) is 20.9 Å². The molecule has 0 aliphatic carbocycles. The third-order valence-electron chi connectivity index (χ3n) is 7.88. The lowest BCUT2D eigenvalue weighted by molar-refractivity contribution is -0.128. The Kier molecular flexibility index (Phi) is 9.63. The summed E-state index contributed by atoms with van der Waals surface area (Å²) in [5.41, 5.74) is 0.392. The molecule has 11 heteroatoms. The van der Waals surface area contributed by atoms with Gasteiger partial charge in [-0.15, -0.1) is 24.8 Å². The molecule has 7 nitrogen and oxygen atoms in total. The number of hydrogen-bond acceptors (Lipinski definition) is 5. The molecular formula is C28H37Cl2F2N5O2. The lowest BCUT2D eigenvalue weighted by Gasteiger charge is -2.41. The summed E-state index contributed by atoms with van der Waals surface area (Å²) in [6.45, 7) is 9.37. The van der Waals surface area contributed by atoms with E-state index in [0.717, 1.165) is 18.5 Å². The Balaban J connectivity index is 0.00000210. The van der Waals surface area contributed by atoms with Gasteiger partial charge in [-0.3, -0.25) is 19.5 Å². The van der Waals surface area contributed by atoms with Gasteiger partial charge in [0.1, 0.15) is 5.69 Å². The quantitative estimate of drug-likeness (QED) is 0.557. The minimum absolute atomic E-state index is 0. The summed E-state index contributed by atoms with van der Waals surface area (Å²) in [4.78, 5) is 35.8. The van der Waals surface area contributed by atoms with E-state index in [2.05, 4.69) is 22.1 Å². The number of amides is 2. The van der Waals surface area contributed by atoms with Gasteiger partial charge in [-0.05, 0) is 19.4 Å². The number of anilines is 1. The van der Waals surface area contributed by atoms with Crippen molar-refractivity contribution in [3.8, 4) is 0 Å². The molecule has 39 heavy (non-hydrogen) atoms. The molecule has 3 aliphatic rings. The van der Waals surface area contributed by atoms with Gasteiger partial charge in [0, 0.05) is 74.0 Å². The average Bonchev–Trinajstić information content (AvgIpc) is 3.40. The van der Waals surface area contributed by atoms with Crippen LogP contribution in [0, 0.1) is 0 Å². The number of aromatic nitrogens is 1. The van der Waals surface area contributed by atoms with Gasteiger partial charge in [0.25, 0.3) is 0 Å². The van der Waals surface area contributed by atoms with E-state index >= 15 is 8.78 Å². The van der Waals surface area contributed by atoms with Crippen LogP contribution in [0.2, 0.25) is 0 Å². The molecule has 2 fully saturated rings. The van der Waals surface area contributed by atoms with E-state index in [0.29, 0.717) is 38.3 Å². The number of rotatable bonds is 6. The van der Waals surface area contributed by atoms with Crippen LogP contribution in [0.15, 0.2) is 42.6 Å². The third kappa shape index (κ3) is 6.21. The van der Waals surface area contributed by atoms with Gasteiger partial charge in [0.15, 0.2) is 0 Å². The molecule has 5 rings (SSSR count). The molecule has 0 saturated carbocycles. The number of fused-ring (bicyclic) bond motifs is 1. The number of benzene rings is 1. The van der Waals surface area contributed by atoms with Gasteiger partial charge >= 0.3 is 5.92 Å². The Morgan fingerprint density at radius 1 is 1.21 bits per heavy atom. The number of halogens is 4. The smallest absolute Gasteiger partial charge is 0.314 e. The van der Waals surface area contributed by atoms with Gasteiger partial charge in [-0.2, -0.15) is 8.78 Å². The summed E-state index contributed by atoms with van der Waals surface area (Å²) in [7, 11) is 0. The molecule has 1 aromatic heterocycles. The minimum atomic E-state index is -3.28. The first-order valence-electron chi connectivity index (χ1n) is 13.1. The predicted octanol–water partition coefficient (Wildman–Crippen LogP) is 3.97. The Bertz CT molecular complexity index is 1180. The van der Waals surface area contributed by atoms with Gasteiger partial charge in [0.2, 0.25) is 11.8 Å². The molecule has 1 aromatic carbocycles. The molecule has 2 saturated heterocycles. The second-order valence-electron chi connectivity index (χ2n) is 11.2. The largest absolute Gasteiger partial charge is 0.341 e. The number of nitrogens with one attached hydrogen (secondary N) is 1. The molecular weight excluding hydrogens is 547 g/mol. The Labute approximate surface area is 241 Å². The summed E-state index contributed by atoms with van der Waals surface area (Å²) in [6.07, 6.45) is 2.96. The highest BCUT2D eigenvalue weighted by atomic mass is 35.5. The Morgan fingerprint density at radius 2 is 1.92 bits per heavy atom. The van der Waals surface area contributed by atoms with E-state index < -0.39 is 11.3 Å². The number of carbonyl (C=O) groups excluding carboxylic acids is 2. The molecule has 0 unspecified atom stereocenters. The zero-order chi connectivity index (χ0) is 26.4. The fourth-order valence-corrected chi connectivity index (χ4v) is 5.76. The highest BCUT2D eigenvalue weighted by Gasteiger charge is 2.43. The molecule has 2 aromatic rings. The fraction of sp³-hybridized carbons (Fsp3) is 0.536. The normalized spacial score (nSPS) is 22.7. The van der Waals surface area contributed by atoms with E-state index in [1.807, 2.05) is 18.7 Å². The minimum Gasteiger partial charge on any atom is -0.341 e. The lowest BCUT2D eigenvalue weighted by Crippen LogP contribution is -2.60. The van der Waals surface area contributed by atoms with Crippen LogP contribution in [0.5, 0.6) is 0 Å². The first-order chi connectivity index (χ1) is 17.6. The number of likely N-dealkylation sites (tertiary alicyclic amines) is 1. The maximum atomic E-state index is 15.4. The van der Waals surface area contributed by atoms with E-state index in [1.165, 1.54) is 24.4 Å². The second-order valence-corrected chi connectivity index (χ2v) is 11.2. The SMILES string of the molecule is C[C@@H]1CN(CC(=O)N2CC(C)(C)c3cnc(C(F)(F)c4ccccc4)cc32)[C@@H](CN2CCCC2=O)CN1.Cl.Cl. The van der Waals surface area contributed by atoms with Crippen molar-refractivity contribution in [3.05, 3.63) is 59.4 Å². The number of carbonyl (C=O) groups is 2. The van der Waals surface area contributed by atoms with Crippen LogP contribution in [0.25, 0.3) is 0 Å².